The van der Waals surface area contributed by atoms with Crippen LogP contribution in [-0.2, 0) is 0 Å². The van der Waals surface area contributed by atoms with Crippen molar-refractivity contribution in [2.75, 3.05) is 0 Å². The van der Waals surface area contributed by atoms with E-state index in [1.54, 1.807) is 19.1 Å². The van der Waals surface area contributed by atoms with E-state index in [0.29, 0.717) is 22.6 Å². The van der Waals surface area contributed by atoms with Crippen molar-refractivity contribution in [1.29, 1.82) is 0 Å². The van der Waals surface area contributed by atoms with Gasteiger partial charge in [-0.25, -0.2) is 4.98 Å². The summed E-state index contributed by atoms with van der Waals surface area (Å²) in [6, 6.07) is 1.74. The number of benzene rings is 1. The van der Waals surface area contributed by atoms with Crippen LogP contribution in [0.4, 0.5) is 0 Å². The van der Waals surface area contributed by atoms with E-state index in [4.69, 9.17) is 4.42 Å². The van der Waals surface area contributed by atoms with Gasteiger partial charge < -0.3 is 9.52 Å². The van der Waals surface area contributed by atoms with Gasteiger partial charge in [0.05, 0.1) is 0 Å². The van der Waals surface area contributed by atoms with Crippen molar-refractivity contribution in [2.24, 2.45) is 0 Å². The lowest BCUT2D eigenvalue weighted by atomic mass is 10.1. The smallest absolute Gasteiger partial charge is 0.192 e. The average molecular weight is 189 g/mol. The van der Waals surface area contributed by atoms with Crippen LogP contribution in [0.2, 0.25) is 0 Å². The van der Waals surface area contributed by atoms with Crippen LogP contribution in [0.5, 0.6) is 5.75 Å². The van der Waals surface area contributed by atoms with Gasteiger partial charge in [0, 0.05) is 18.1 Å². The maximum absolute atomic E-state index is 9.75. The van der Waals surface area contributed by atoms with Crippen molar-refractivity contribution in [3.05, 3.63) is 29.7 Å². The molecule has 0 amide bonds. The van der Waals surface area contributed by atoms with Crippen molar-refractivity contribution < 1.29 is 9.52 Å². The maximum atomic E-state index is 9.75. The van der Waals surface area contributed by atoms with Crippen molar-refractivity contribution in [3.8, 4) is 5.75 Å². The van der Waals surface area contributed by atoms with Crippen LogP contribution in [0.3, 0.4) is 0 Å². The second-order valence-electron chi connectivity index (χ2n) is 3.22. The molecule has 2 aromatic rings. The molecule has 1 N–H and O–H groups in total. The molecular formula is C11H11NO2. The second-order valence-corrected chi connectivity index (χ2v) is 3.22. The lowest BCUT2D eigenvalue weighted by Gasteiger charge is -2.02. The highest BCUT2D eigenvalue weighted by Crippen LogP contribution is 2.31. The average Bonchev–Trinajstić information content (AvgIpc) is 2.52. The molecule has 1 aromatic carbocycles. The summed E-state index contributed by atoms with van der Waals surface area (Å²) >= 11 is 0. The van der Waals surface area contributed by atoms with Gasteiger partial charge in [-0.1, -0.05) is 12.7 Å². The maximum Gasteiger partial charge on any atom is 0.192 e. The zero-order chi connectivity index (χ0) is 10.3. The van der Waals surface area contributed by atoms with Gasteiger partial charge in [0.15, 0.2) is 11.5 Å². The molecular weight excluding hydrogens is 178 g/mol. The first-order valence-electron chi connectivity index (χ1n) is 4.35. The van der Waals surface area contributed by atoms with E-state index in [1.807, 2.05) is 6.92 Å². The molecule has 3 nitrogen and oxygen atoms in total. The van der Waals surface area contributed by atoms with E-state index in [2.05, 4.69) is 11.6 Å². The molecule has 1 aromatic heterocycles. The molecule has 0 saturated heterocycles. The van der Waals surface area contributed by atoms with Crippen molar-refractivity contribution in [2.45, 2.75) is 13.8 Å². The Balaban J connectivity index is 2.90. The first-order chi connectivity index (χ1) is 6.63. The van der Waals surface area contributed by atoms with Gasteiger partial charge in [-0.15, -0.1) is 0 Å². The fourth-order valence-electron chi connectivity index (χ4n) is 1.50. The predicted octanol–water partition coefficient (Wildman–Crippen LogP) is 2.79. The minimum Gasteiger partial charge on any atom is -0.507 e. The number of hydrogen-bond acceptors (Lipinski definition) is 3. The molecule has 0 aliphatic carbocycles. The van der Waals surface area contributed by atoms with Crippen molar-refractivity contribution >= 4 is 17.2 Å². The molecule has 2 rings (SSSR count). The number of fused-ring (bicyclic) bond motifs is 1. The van der Waals surface area contributed by atoms with Gasteiger partial charge in [-0.2, -0.15) is 0 Å². The first kappa shape index (κ1) is 8.81. The van der Waals surface area contributed by atoms with Crippen LogP contribution < -0.4 is 0 Å². The summed E-state index contributed by atoms with van der Waals surface area (Å²) in [5.74, 6) is 0.824. The lowest BCUT2D eigenvalue weighted by molar-refractivity contribution is 0.470. The standard InChI is InChI=1S/C11H11NO2/c1-4-8-5-9-10(6(2)11(8)13)12-7(3)14-9/h4-5,13H,1H2,2-3H3. The molecule has 0 aliphatic rings. The van der Waals surface area contributed by atoms with Gasteiger partial charge in [0.1, 0.15) is 11.3 Å². The van der Waals surface area contributed by atoms with Crippen LogP contribution in [0.1, 0.15) is 17.0 Å². The number of aromatic nitrogens is 1. The fourth-order valence-corrected chi connectivity index (χ4v) is 1.50. The van der Waals surface area contributed by atoms with E-state index in [1.165, 1.54) is 0 Å². The Kier molecular flexibility index (Phi) is 1.81. The molecule has 14 heavy (non-hydrogen) atoms. The molecule has 0 bridgehead atoms. The van der Waals surface area contributed by atoms with E-state index < -0.39 is 0 Å². The Morgan fingerprint density at radius 2 is 2.21 bits per heavy atom. The Bertz CT molecular complexity index is 511. The topological polar surface area (TPSA) is 46.3 Å². The first-order valence-corrected chi connectivity index (χ1v) is 4.35. The highest BCUT2D eigenvalue weighted by Gasteiger charge is 2.11. The van der Waals surface area contributed by atoms with Crippen LogP contribution in [0.15, 0.2) is 17.1 Å². The lowest BCUT2D eigenvalue weighted by Crippen LogP contribution is -1.82. The van der Waals surface area contributed by atoms with Crippen LogP contribution in [-0.4, -0.2) is 10.1 Å². The van der Waals surface area contributed by atoms with E-state index in [-0.39, 0.29) is 5.75 Å². The third kappa shape index (κ3) is 1.09. The molecule has 0 aliphatic heterocycles. The van der Waals surface area contributed by atoms with Gasteiger partial charge in [-0.3, -0.25) is 0 Å². The van der Waals surface area contributed by atoms with Crippen molar-refractivity contribution in [3.63, 3.8) is 0 Å². The Labute approximate surface area is 81.7 Å². The predicted molar refractivity (Wildman–Crippen MR) is 55.2 cm³/mol. The monoisotopic (exact) mass is 189 g/mol. The molecule has 0 radical (unpaired) electrons. The van der Waals surface area contributed by atoms with Crippen LogP contribution in [0, 0.1) is 13.8 Å². The minimum atomic E-state index is 0.223. The number of phenolic OH excluding ortho intramolecular Hbond substituents is 1. The molecule has 1 heterocycles. The quantitative estimate of drug-likeness (QED) is 0.750. The molecule has 0 fully saturated rings. The van der Waals surface area contributed by atoms with Gasteiger partial charge in [0.25, 0.3) is 0 Å². The third-order valence-corrected chi connectivity index (χ3v) is 2.25. The summed E-state index contributed by atoms with van der Waals surface area (Å²) in [6.45, 7) is 7.22. The summed E-state index contributed by atoms with van der Waals surface area (Å²) in [4.78, 5) is 4.19. The molecule has 0 saturated carbocycles. The number of oxazole rings is 1. The summed E-state index contributed by atoms with van der Waals surface area (Å²) in [5.41, 5.74) is 2.80. The number of phenols is 1. The van der Waals surface area contributed by atoms with Gasteiger partial charge >= 0.3 is 0 Å². The van der Waals surface area contributed by atoms with Gasteiger partial charge in [0.2, 0.25) is 0 Å². The summed E-state index contributed by atoms with van der Waals surface area (Å²) in [6.07, 6.45) is 1.60. The highest BCUT2D eigenvalue weighted by molar-refractivity contribution is 5.83. The normalized spacial score (nSPS) is 10.7. The Morgan fingerprint density at radius 1 is 1.50 bits per heavy atom. The number of nitrogens with zero attached hydrogens (tertiary/aromatic N) is 1. The zero-order valence-electron chi connectivity index (χ0n) is 8.16. The molecule has 3 heteroatoms. The Hall–Kier alpha value is -1.77. The SMILES string of the molecule is C=Cc1cc2oc(C)nc2c(C)c1O. The second kappa shape index (κ2) is 2.87. The summed E-state index contributed by atoms with van der Waals surface area (Å²) in [5, 5.41) is 9.75. The largest absolute Gasteiger partial charge is 0.507 e. The summed E-state index contributed by atoms with van der Waals surface area (Å²) < 4.78 is 5.38. The van der Waals surface area contributed by atoms with Crippen molar-refractivity contribution in [1.82, 2.24) is 4.98 Å². The minimum absolute atomic E-state index is 0.223. The number of rotatable bonds is 1. The van der Waals surface area contributed by atoms with Gasteiger partial charge in [-0.05, 0) is 13.0 Å². The molecule has 72 valence electrons. The molecule has 0 atom stereocenters. The fraction of sp³-hybridized carbons (Fsp3) is 0.182. The Morgan fingerprint density at radius 3 is 2.86 bits per heavy atom. The highest BCUT2D eigenvalue weighted by atomic mass is 16.3. The van der Waals surface area contributed by atoms with E-state index in [0.717, 1.165) is 5.56 Å². The zero-order valence-corrected chi connectivity index (χ0v) is 8.16. The van der Waals surface area contributed by atoms with E-state index >= 15 is 0 Å². The third-order valence-electron chi connectivity index (χ3n) is 2.25. The number of aryl methyl sites for hydroxylation is 2. The molecule has 0 spiro atoms. The summed E-state index contributed by atoms with van der Waals surface area (Å²) in [7, 11) is 0. The van der Waals surface area contributed by atoms with Crippen LogP contribution >= 0.6 is 0 Å². The van der Waals surface area contributed by atoms with Crippen LogP contribution in [0.25, 0.3) is 17.2 Å². The van der Waals surface area contributed by atoms with E-state index in [9.17, 15) is 5.11 Å². The molecule has 0 unspecified atom stereocenters. The number of hydrogen-bond donors (Lipinski definition) is 1. The number of aromatic hydroxyl groups is 1.